The van der Waals surface area contributed by atoms with Crippen molar-refractivity contribution in [3.63, 3.8) is 0 Å². The number of hydroxylamine groups is 2. The van der Waals surface area contributed by atoms with Crippen LogP contribution in [0, 0.1) is 11.8 Å². The summed E-state index contributed by atoms with van der Waals surface area (Å²) in [6.07, 6.45) is 5.35. The summed E-state index contributed by atoms with van der Waals surface area (Å²) in [5, 5.41) is 0.387. The van der Waals surface area contributed by atoms with Crippen LogP contribution in [0.1, 0.15) is 12.8 Å². The first kappa shape index (κ1) is 11.3. The summed E-state index contributed by atoms with van der Waals surface area (Å²) in [6, 6.07) is 0. The Labute approximate surface area is 92.9 Å². The van der Waals surface area contributed by atoms with E-state index in [9.17, 15) is 18.0 Å². The van der Waals surface area contributed by atoms with E-state index < -0.39 is 33.8 Å². The van der Waals surface area contributed by atoms with E-state index in [4.69, 9.17) is 0 Å². The van der Waals surface area contributed by atoms with Crippen LogP contribution in [0.3, 0.4) is 0 Å². The average molecular weight is 245 g/mol. The van der Waals surface area contributed by atoms with Gasteiger partial charge in [0.25, 0.3) is 21.9 Å². The molecule has 2 amide bonds. The van der Waals surface area contributed by atoms with E-state index in [1.54, 1.807) is 0 Å². The van der Waals surface area contributed by atoms with E-state index in [0.717, 1.165) is 6.26 Å². The van der Waals surface area contributed by atoms with Gasteiger partial charge in [0.15, 0.2) is 0 Å². The van der Waals surface area contributed by atoms with Gasteiger partial charge in [-0.2, -0.15) is 8.42 Å². The van der Waals surface area contributed by atoms with Gasteiger partial charge in [-0.3, -0.25) is 9.59 Å². The number of hydrogen-bond acceptors (Lipinski definition) is 5. The predicted octanol–water partition coefficient (Wildman–Crippen LogP) is -0.171. The summed E-state index contributed by atoms with van der Waals surface area (Å²) >= 11 is 0. The molecule has 1 aliphatic heterocycles. The summed E-state index contributed by atoms with van der Waals surface area (Å²) in [6.45, 7) is 0. The monoisotopic (exact) mass is 245 g/mol. The molecular weight excluding hydrogens is 234 g/mol. The van der Waals surface area contributed by atoms with Crippen LogP contribution in [0.25, 0.3) is 0 Å². The summed E-state index contributed by atoms with van der Waals surface area (Å²) in [5.41, 5.74) is 0. The van der Waals surface area contributed by atoms with Crippen LogP contribution in [0.5, 0.6) is 0 Å². The van der Waals surface area contributed by atoms with Gasteiger partial charge in [0.1, 0.15) is 0 Å². The number of rotatable bonds is 2. The number of fused-ring (bicyclic) bond motifs is 1. The minimum atomic E-state index is -3.85. The minimum absolute atomic E-state index is 0.387. The Hall–Kier alpha value is -1.21. The quantitative estimate of drug-likeness (QED) is 0.498. The number of hydrogen-bond donors (Lipinski definition) is 0. The summed E-state index contributed by atoms with van der Waals surface area (Å²) < 4.78 is 26.2. The molecule has 0 N–H and O–H groups in total. The largest absolute Gasteiger partial charge is 0.285 e. The first-order valence-electron chi connectivity index (χ1n) is 4.82. The molecule has 88 valence electrons. The molecule has 1 saturated heterocycles. The molecule has 0 spiro atoms. The maximum atomic E-state index is 11.7. The first-order valence-corrected chi connectivity index (χ1v) is 6.64. The highest BCUT2D eigenvalue weighted by Gasteiger charge is 2.49. The van der Waals surface area contributed by atoms with Crippen molar-refractivity contribution in [3.05, 3.63) is 12.2 Å². The summed E-state index contributed by atoms with van der Waals surface area (Å²) in [4.78, 5) is 23.4. The molecule has 0 bridgehead atoms. The van der Waals surface area contributed by atoms with Crippen molar-refractivity contribution in [1.29, 1.82) is 0 Å². The van der Waals surface area contributed by atoms with Crippen molar-refractivity contribution in [2.45, 2.75) is 12.8 Å². The highest BCUT2D eigenvalue weighted by molar-refractivity contribution is 7.85. The standard InChI is InChI=1S/C9H11NO5S/c1-16(13,14)15-10-8(11)6-4-2-3-5-7(6)9(10)12/h2-3,6-7H,4-5H2,1H3. The lowest BCUT2D eigenvalue weighted by molar-refractivity contribution is -0.165. The molecule has 0 aromatic heterocycles. The Kier molecular flexibility index (Phi) is 2.59. The fourth-order valence-corrected chi connectivity index (χ4v) is 2.40. The average Bonchev–Trinajstić information content (AvgIpc) is 2.43. The maximum absolute atomic E-state index is 11.7. The number of nitrogens with zero attached hydrogens (tertiary/aromatic N) is 1. The van der Waals surface area contributed by atoms with Crippen molar-refractivity contribution in [1.82, 2.24) is 5.06 Å². The van der Waals surface area contributed by atoms with Gasteiger partial charge in [-0.1, -0.05) is 12.2 Å². The molecule has 0 saturated carbocycles. The summed E-state index contributed by atoms with van der Waals surface area (Å²) in [7, 11) is -3.85. The molecule has 2 aliphatic rings. The van der Waals surface area contributed by atoms with Gasteiger partial charge < -0.3 is 0 Å². The lowest BCUT2D eigenvalue weighted by Gasteiger charge is -2.14. The molecule has 1 heterocycles. The molecule has 7 heteroatoms. The van der Waals surface area contributed by atoms with E-state index in [2.05, 4.69) is 4.28 Å². The van der Waals surface area contributed by atoms with Crippen molar-refractivity contribution in [2.75, 3.05) is 6.26 Å². The Morgan fingerprint density at radius 2 is 1.62 bits per heavy atom. The van der Waals surface area contributed by atoms with Crippen LogP contribution in [0.15, 0.2) is 12.2 Å². The number of imide groups is 1. The van der Waals surface area contributed by atoms with Crippen molar-refractivity contribution in [2.24, 2.45) is 11.8 Å². The smallest absolute Gasteiger partial charge is 0.272 e. The number of allylic oxidation sites excluding steroid dienone is 2. The van der Waals surface area contributed by atoms with Crippen LogP contribution >= 0.6 is 0 Å². The number of carbonyl (C=O) groups is 2. The predicted molar refractivity (Wildman–Crippen MR) is 53.1 cm³/mol. The molecule has 1 fully saturated rings. The maximum Gasteiger partial charge on any atom is 0.285 e. The number of amides is 2. The van der Waals surface area contributed by atoms with Crippen LogP contribution in [0.4, 0.5) is 0 Å². The second-order valence-electron chi connectivity index (χ2n) is 3.91. The van der Waals surface area contributed by atoms with Crippen LogP contribution in [-0.2, 0) is 24.0 Å². The lowest BCUT2D eigenvalue weighted by Crippen LogP contribution is -2.33. The van der Waals surface area contributed by atoms with Crippen molar-refractivity contribution in [3.8, 4) is 0 Å². The van der Waals surface area contributed by atoms with Gasteiger partial charge in [0, 0.05) is 0 Å². The highest BCUT2D eigenvalue weighted by Crippen LogP contribution is 2.35. The van der Waals surface area contributed by atoms with E-state index in [1.807, 2.05) is 12.2 Å². The molecule has 0 aromatic carbocycles. The van der Waals surface area contributed by atoms with Crippen molar-refractivity contribution < 1.29 is 22.3 Å². The Morgan fingerprint density at radius 1 is 1.19 bits per heavy atom. The molecule has 2 unspecified atom stereocenters. The minimum Gasteiger partial charge on any atom is -0.272 e. The third-order valence-corrected chi connectivity index (χ3v) is 3.10. The van der Waals surface area contributed by atoms with E-state index >= 15 is 0 Å². The molecule has 16 heavy (non-hydrogen) atoms. The molecule has 0 radical (unpaired) electrons. The van der Waals surface area contributed by atoms with Gasteiger partial charge in [-0.15, -0.1) is 9.35 Å². The second-order valence-corrected chi connectivity index (χ2v) is 5.46. The highest BCUT2D eigenvalue weighted by atomic mass is 32.2. The van der Waals surface area contributed by atoms with Gasteiger partial charge in [0.05, 0.1) is 18.1 Å². The van der Waals surface area contributed by atoms with E-state index in [1.165, 1.54) is 0 Å². The fourth-order valence-electron chi connectivity index (χ4n) is 1.98. The molecular formula is C9H11NO5S. The van der Waals surface area contributed by atoms with E-state index in [-0.39, 0.29) is 0 Å². The SMILES string of the molecule is CS(=O)(=O)ON1C(=O)C2CC=CCC2C1=O. The zero-order chi connectivity index (χ0) is 11.9. The molecule has 6 nitrogen and oxygen atoms in total. The second kappa shape index (κ2) is 3.67. The summed E-state index contributed by atoms with van der Waals surface area (Å²) in [5.74, 6) is -2.08. The van der Waals surface area contributed by atoms with Crippen LogP contribution in [-0.4, -0.2) is 31.6 Å². The fraction of sp³-hybridized carbons (Fsp3) is 0.556. The van der Waals surface area contributed by atoms with Crippen LogP contribution in [0.2, 0.25) is 0 Å². The number of carbonyl (C=O) groups excluding carboxylic acids is 2. The zero-order valence-electron chi connectivity index (χ0n) is 8.62. The molecule has 1 aliphatic carbocycles. The van der Waals surface area contributed by atoms with Gasteiger partial charge in [-0.25, -0.2) is 0 Å². The Morgan fingerprint density at radius 3 is 2.00 bits per heavy atom. The normalized spacial score (nSPS) is 29.7. The zero-order valence-corrected chi connectivity index (χ0v) is 9.44. The third-order valence-electron chi connectivity index (χ3n) is 2.68. The molecule has 2 rings (SSSR count). The third kappa shape index (κ3) is 1.88. The van der Waals surface area contributed by atoms with Crippen molar-refractivity contribution >= 4 is 21.9 Å². The van der Waals surface area contributed by atoms with Crippen LogP contribution < -0.4 is 0 Å². The topological polar surface area (TPSA) is 80.8 Å². The molecule has 0 aromatic rings. The van der Waals surface area contributed by atoms with E-state index in [0.29, 0.717) is 17.9 Å². The Bertz CT molecular complexity index is 440. The van der Waals surface area contributed by atoms with Gasteiger partial charge in [0.2, 0.25) is 0 Å². The molecule has 2 atom stereocenters. The lowest BCUT2D eigenvalue weighted by atomic mass is 9.85. The first-order chi connectivity index (χ1) is 7.40. The van der Waals surface area contributed by atoms with Gasteiger partial charge >= 0.3 is 0 Å². The van der Waals surface area contributed by atoms with Gasteiger partial charge in [-0.05, 0) is 12.8 Å². The Balaban J connectivity index is 2.24.